The monoisotopic (exact) mass is 198 g/mol. The SMILES string of the molecule is CC(Cl)O/N=[N+](\O)N(C)CCO. The van der Waals surface area contributed by atoms with E-state index in [0.29, 0.717) is 4.97 Å². The number of aliphatic hydroxyl groups excluding tert-OH is 1. The fraction of sp³-hybridized carbons (Fsp3) is 1.00. The van der Waals surface area contributed by atoms with Crippen molar-refractivity contribution < 1.29 is 20.1 Å². The number of hydrazine groups is 1. The number of hydrogen-bond acceptors (Lipinski definition) is 3. The molecule has 0 saturated carbocycles. The summed E-state index contributed by atoms with van der Waals surface area (Å²) >= 11 is 5.38. The molecule has 12 heavy (non-hydrogen) atoms. The quantitative estimate of drug-likeness (QED) is 0.287. The van der Waals surface area contributed by atoms with Gasteiger partial charge in [-0.15, -0.1) is 5.01 Å². The first kappa shape index (κ1) is 11.2. The van der Waals surface area contributed by atoms with Gasteiger partial charge in [0.25, 0.3) is 10.2 Å². The average Bonchev–Trinajstić information content (AvgIpc) is 2.00. The first-order chi connectivity index (χ1) is 5.57. The van der Waals surface area contributed by atoms with Crippen LogP contribution in [-0.4, -0.2) is 46.1 Å². The number of hydrogen-bond donors (Lipinski definition) is 2. The topological polar surface area (TPSA) is 68.3 Å². The maximum atomic E-state index is 9.00. The standard InChI is InChI=1S/C5H13ClN3O3/c1-5(6)12-7-9(11)8(2)3-4-10/h5,10H,3-4H2,1-2H3,(H,7,11)/q+1. The van der Waals surface area contributed by atoms with E-state index >= 15 is 0 Å². The highest BCUT2D eigenvalue weighted by molar-refractivity contribution is 6.19. The summed E-state index contributed by atoms with van der Waals surface area (Å²) in [5.74, 6) is 0. The summed E-state index contributed by atoms with van der Waals surface area (Å²) in [5.41, 5.74) is -0.609. The number of aliphatic hydroxyl groups is 1. The van der Waals surface area contributed by atoms with Crippen LogP contribution in [0.3, 0.4) is 0 Å². The van der Waals surface area contributed by atoms with Gasteiger partial charge in [0, 0.05) is 0 Å². The average molecular weight is 199 g/mol. The van der Waals surface area contributed by atoms with Gasteiger partial charge in [0.15, 0.2) is 0 Å². The largest absolute Gasteiger partial charge is 0.394 e. The summed E-state index contributed by atoms with van der Waals surface area (Å²) in [4.78, 5) is 4.98. The summed E-state index contributed by atoms with van der Waals surface area (Å²) < 4.78 is 0. The molecule has 0 aliphatic heterocycles. The third kappa shape index (κ3) is 4.97. The van der Waals surface area contributed by atoms with Gasteiger partial charge in [-0.2, -0.15) is 0 Å². The molecule has 0 spiro atoms. The zero-order valence-electron chi connectivity index (χ0n) is 7.01. The molecule has 0 fully saturated rings. The van der Waals surface area contributed by atoms with Crippen LogP contribution in [0.2, 0.25) is 0 Å². The Morgan fingerprint density at radius 2 is 2.33 bits per heavy atom. The Bertz CT molecular complexity index is 153. The normalized spacial score (nSPS) is 14.2. The maximum absolute atomic E-state index is 9.00. The molecule has 0 bridgehead atoms. The highest BCUT2D eigenvalue weighted by Crippen LogP contribution is 1.96. The van der Waals surface area contributed by atoms with Crippen LogP contribution in [0.15, 0.2) is 5.28 Å². The van der Waals surface area contributed by atoms with Crippen molar-refractivity contribution in [2.45, 2.75) is 12.5 Å². The van der Waals surface area contributed by atoms with Crippen molar-refractivity contribution in [1.29, 1.82) is 0 Å². The predicted molar refractivity (Wildman–Crippen MR) is 40.6 cm³/mol. The summed E-state index contributed by atoms with van der Waals surface area (Å²) in [6.07, 6.45) is 0. The molecular weight excluding hydrogens is 186 g/mol. The van der Waals surface area contributed by atoms with E-state index in [4.69, 9.17) is 21.9 Å². The van der Waals surface area contributed by atoms with Crippen LogP contribution in [0, 0.1) is 0 Å². The summed E-state index contributed by atoms with van der Waals surface area (Å²) in [5, 5.41) is 21.9. The fourth-order valence-electron chi connectivity index (χ4n) is 0.404. The summed E-state index contributed by atoms with van der Waals surface area (Å²) in [6, 6.07) is 0. The lowest BCUT2D eigenvalue weighted by Crippen LogP contribution is -2.30. The van der Waals surface area contributed by atoms with Crippen molar-refractivity contribution >= 4 is 11.6 Å². The first-order valence-electron chi connectivity index (χ1n) is 3.39. The minimum atomic E-state index is -0.609. The van der Waals surface area contributed by atoms with Crippen molar-refractivity contribution in [3.8, 4) is 0 Å². The lowest BCUT2D eigenvalue weighted by atomic mass is 10.7. The van der Waals surface area contributed by atoms with Crippen LogP contribution in [0.1, 0.15) is 6.92 Å². The van der Waals surface area contributed by atoms with Gasteiger partial charge in [-0.3, -0.25) is 0 Å². The molecule has 1 atom stereocenters. The van der Waals surface area contributed by atoms with E-state index in [2.05, 4.69) is 10.1 Å². The smallest absolute Gasteiger partial charge is 0.275 e. The summed E-state index contributed by atoms with van der Waals surface area (Å²) in [6.45, 7) is 1.73. The van der Waals surface area contributed by atoms with E-state index in [1.165, 1.54) is 12.1 Å². The molecule has 0 aromatic carbocycles. The number of nitrogens with zero attached hydrogens (tertiary/aromatic N) is 3. The first-order valence-corrected chi connectivity index (χ1v) is 3.83. The van der Waals surface area contributed by atoms with Gasteiger partial charge in [-0.05, 0) is 6.92 Å². The second-order valence-electron chi connectivity index (χ2n) is 2.10. The van der Waals surface area contributed by atoms with E-state index in [9.17, 15) is 0 Å². The van der Waals surface area contributed by atoms with Gasteiger partial charge in [0.1, 0.15) is 6.54 Å². The highest BCUT2D eigenvalue weighted by Gasteiger charge is 2.12. The minimum absolute atomic E-state index is 0.0838. The highest BCUT2D eigenvalue weighted by atomic mass is 35.5. The number of rotatable bonds is 5. The summed E-state index contributed by atoms with van der Waals surface area (Å²) in [7, 11) is 1.53. The van der Waals surface area contributed by atoms with Crippen LogP contribution >= 0.6 is 11.6 Å². The zero-order chi connectivity index (χ0) is 9.56. The Kier molecular flexibility index (Phi) is 5.48. The van der Waals surface area contributed by atoms with Crippen molar-refractivity contribution in [1.82, 2.24) is 5.01 Å². The Balaban J connectivity index is 3.81. The van der Waals surface area contributed by atoms with E-state index < -0.39 is 5.56 Å². The van der Waals surface area contributed by atoms with Crippen molar-refractivity contribution in [3.63, 3.8) is 0 Å². The predicted octanol–water partition coefficient (Wildman–Crippen LogP) is 0.196. The molecule has 2 N–H and O–H groups in total. The Hall–Kier alpha value is -0.750. The zero-order valence-corrected chi connectivity index (χ0v) is 7.77. The molecule has 0 aliphatic carbocycles. The molecule has 72 valence electrons. The fourth-order valence-corrected chi connectivity index (χ4v) is 0.439. The Labute approximate surface area is 75.5 Å². The number of halogens is 1. The van der Waals surface area contributed by atoms with E-state index in [1.807, 2.05) is 0 Å². The molecule has 0 aromatic rings. The lowest BCUT2D eigenvalue weighted by Gasteiger charge is -2.03. The van der Waals surface area contributed by atoms with Gasteiger partial charge in [-0.25, -0.2) is 5.21 Å². The third-order valence-electron chi connectivity index (χ3n) is 0.994. The second kappa shape index (κ2) is 5.84. The van der Waals surface area contributed by atoms with E-state index in [-0.39, 0.29) is 13.2 Å². The molecule has 1 unspecified atom stereocenters. The minimum Gasteiger partial charge on any atom is -0.394 e. The maximum Gasteiger partial charge on any atom is 0.275 e. The van der Waals surface area contributed by atoms with Crippen molar-refractivity contribution in [3.05, 3.63) is 0 Å². The van der Waals surface area contributed by atoms with Crippen LogP contribution in [0.5, 0.6) is 0 Å². The van der Waals surface area contributed by atoms with Crippen molar-refractivity contribution in [2.24, 2.45) is 5.28 Å². The molecular formula is C5H13ClN3O3+. The van der Waals surface area contributed by atoms with Gasteiger partial charge in [0.05, 0.1) is 13.7 Å². The molecule has 0 amide bonds. The van der Waals surface area contributed by atoms with E-state index in [0.717, 1.165) is 0 Å². The Morgan fingerprint density at radius 1 is 1.75 bits per heavy atom. The van der Waals surface area contributed by atoms with Crippen LogP contribution < -0.4 is 0 Å². The van der Waals surface area contributed by atoms with Crippen LogP contribution in [0.25, 0.3) is 0 Å². The molecule has 0 radical (unpaired) electrons. The Morgan fingerprint density at radius 3 is 2.75 bits per heavy atom. The lowest BCUT2D eigenvalue weighted by molar-refractivity contribution is -0.938. The molecule has 0 aliphatic rings. The molecule has 0 rings (SSSR count). The van der Waals surface area contributed by atoms with Crippen LogP contribution in [-0.2, 0) is 4.84 Å². The molecule has 0 saturated heterocycles. The number of likely N-dealkylation sites (N-methyl/N-ethyl adjacent to an activating group) is 1. The molecule has 0 aromatic heterocycles. The van der Waals surface area contributed by atoms with E-state index in [1.54, 1.807) is 6.92 Å². The van der Waals surface area contributed by atoms with Crippen molar-refractivity contribution in [2.75, 3.05) is 20.2 Å². The van der Waals surface area contributed by atoms with Gasteiger partial charge < -0.3 is 9.94 Å². The van der Waals surface area contributed by atoms with Gasteiger partial charge >= 0.3 is 0 Å². The second-order valence-corrected chi connectivity index (χ2v) is 2.72. The number of alkyl halides is 1. The molecule has 6 nitrogen and oxygen atoms in total. The third-order valence-corrected chi connectivity index (χ3v) is 1.07. The van der Waals surface area contributed by atoms with Gasteiger partial charge in [-0.1, -0.05) is 11.6 Å². The molecule has 0 heterocycles. The molecule has 7 heteroatoms. The van der Waals surface area contributed by atoms with Gasteiger partial charge in [0.2, 0.25) is 5.56 Å². The van der Waals surface area contributed by atoms with Crippen LogP contribution in [0.4, 0.5) is 0 Å².